The number of nitrogens with zero attached hydrogens (tertiary/aromatic N) is 3. The first-order valence-electron chi connectivity index (χ1n) is 7.24. The average molecular weight is 274 g/mol. The maximum absolute atomic E-state index is 5.79. The standard InChI is InChI=1S/C15H22N4O/c1-11-7-18(8-12(2)20-11)14-3-4-15-17-13(5-6-16)9-19(15)10-14/h3-4,9-12H,5-8,16H2,1-2H3. The summed E-state index contributed by atoms with van der Waals surface area (Å²) >= 11 is 0. The second-order valence-electron chi connectivity index (χ2n) is 5.59. The molecule has 2 aromatic rings. The fourth-order valence-electron chi connectivity index (χ4n) is 2.88. The zero-order chi connectivity index (χ0) is 14.1. The molecule has 0 amide bonds. The van der Waals surface area contributed by atoms with Crippen molar-refractivity contribution in [2.75, 3.05) is 24.5 Å². The van der Waals surface area contributed by atoms with Gasteiger partial charge in [0.1, 0.15) is 5.65 Å². The van der Waals surface area contributed by atoms with Gasteiger partial charge >= 0.3 is 0 Å². The Morgan fingerprint density at radius 1 is 1.25 bits per heavy atom. The number of rotatable bonds is 3. The third-order valence-corrected chi connectivity index (χ3v) is 3.67. The molecule has 0 spiro atoms. The predicted octanol–water partition coefficient (Wildman–Crippen LogP) is 1.45. The number of ether oxygens (including phenoxy) is 1. The van der Waals surface area contributed by atoms with E-state index in [9.17, 15) is 0 Å². The number of nitrogens with two attached hydrogens (primary N) is 1. The molecule has 108 valence electrons. The predicted molar refractivity (Wildman–Crippen MR) is 80.2 cm³/mol. The highest BCUT2D eigenvalue weighted by Crippen LogP contribution is 2.21. The zero-order valence-corrected chi connectivity index (χ0v) is 12.1. The molecule has 0 aliphatic carbocycles. The summed E-state index contributed by atoms with van der Waals surface area (Å²) in [5, 5.41) is 0. The van der Waals surface area contributed by atoms with Crippen molar-refractivity contribution in [1.29, 1.82) is 0 Å². The topological polar surface area (TPSA) is 55.8 Å². The van der Waals surface area contributed by atoms with Gasteiger partial charge in [0, 0.05) is 31.9 Å². The third kappa shape index (κ3) is 2.64. The zero-order valence-electron chi connectivity index (χ0n) is 12.1. The van der Waals surface area contributed by atoms with E-state index in [1.54, 1.807) is 0 Å². The molecule has 2 aromatic heterocycles. The van der Waals surface area contributed by atoms with Crippen LogP contribution >= 0.6 is 0 Å². The van der Waals surface area contributed by atoms with E-state index >= 15 is 0 Å². The molecule has 20 heavy (non-hydrogen) atoms. The Bertz CT molecular complexity index is 585. The van der Waals surface area contributed by atoms with Gasteiger partial charge in [0.25, 0.3) is 0 Å². The van der Waals surface area contributed by atoms with E-state index in [2.05, 4.69) is 52.7 Å². The van der Waals surface area contributed by atoms with Crippen LogP contribution in [0.2, 0.25) is 0 Å². The van der Waals surface area contributed by atoms with Gasteiger partial charge in [-0.3, -0.25) is 0 Å². The van der Waals surface area contributed by atoms with Crippen molar-refractivity contribution < 1.29 is 4.74 Å². The van der Waals surface area contributed by atoms with Gasteiger partial charge in [-0.1, -0.05) is 0 Å². The normalized spacial score (nSPS) is 23.4. The van der Waals surface area contributed by atoms with Crippen molar-refractivity contribution in [2.45, 2.75) is 32.5 Å². The van der Waals surface area contributed by atoms with Gasteiger partial charge in [-0.05, 0) is 32.5 Å². The lowest BCUT2D eigenvalue weighted by Gasteiger charge is -2.36. The van der Waals surface area contributed by atoms with E-state index in [1.807, 2.05) is 0 Å². The Labute approximate surface area is 119 Å². The van der Waals surface area contributed by atoms with Gasteiger partial charge < -0.3 is 19.8 Å². The van der Waals surface area contributed by atoms with Crippen molar-refractivity contribution in [1.82, 2.24) is 9.38 Å². The van der Waals surface area contributed by atoms with Crippen molar-refractivity contribution in [3.8, 4) is 0 Å². The van der Waals surface area contributed by atoms with E-state index in [1.165, 1.54) is 5.69 Å². The summed E-state index contributed by atoms with van der Waals surface area (Å²) in [6.45, 7) is 6.74. The quantitative estimate of drug-likeness (QED) is 0.920. The van der Waals surface area contributed by atoms with Crippen LogP contribution in [0.5, 0.6) is 0 Å². The van der Waals surface area contributed by atoms with Gasteiger partial charge in [0.2, 0.25) is 0 Å². The molecule has 1 aliphatic rings. The fraction of sp³-hybridized carbons (Fsp3) is 0.533. The molecule has 5 heteroatoms. The van der Waals surface area contributed by atoms with Gasteiger partial charge in [-0.2, -0.15) is 0 Å². The highest BCUT2D eigenvalue weighted by molar-refractivity contribution is 5.53. The number of hydrogen-bond donors (Lipinski definition) is 1. The van der Waals surface area contributed by atoms with E-state index in [4.69, 9.17) is 10.5 Å². The highest BCUT2D eigenvalue weighted by Gasteiger charge is 2.22. The van der Waals surface area contributed by atoms with Crippen LogP contribution in [0.15, 0.2) is 24.5 Å². The Balaban J connectivity index is 1.88. The van der Waals surface area contributed by atoms with E-state index in [-0.39, 0.29) is 12.2 Å². The highest BCUT2D eigenvalue weighted by atomic mass is 16.5. The number of imidazole rings is 1. The second-order valence-corrected chi connectivity index (χ2v) is 5.59. The lowest BCUT2D eigenvalue weighted by molar-refractivity contribution is -0.00523. The first kappa shape index (κ1) is 13.4. The van der Waals surface area contributed by atoms with Crippen LogP contribution in [0, 0.1) is 0 Å². The second kappa shape index (κ2) is 5.42. The molecule has 1 fully saturated rings. The van der Waals surface area contributed by atoms with Crippen molar-refractivity contribution in [2.24, 2.45) is 5.73 Å². The summed E-state index contributed by atoms with van der Waals surface area (Å²) in [7, 11) is 0. The Morgan fingerprint density at radius 3 is 2.70 bits per heavy atom. The lowest BCUT2D eigenvalue weighted by Crippen LogP contribution is -2.45. The summed E-state index contributed by atoms with van der Waals surface area (Å²) in [4.78, 5) is 6.93. The Kier molecular flexibility index (Phi) is 3.63. The first-order chi connectivity index (χ1) is 9.65. The van der Waals surface area contributed by atoms with E-state index in [0.717, 1.165) is 30.9 Å². The summed E-state index contributed by atoms with van der Waals surface area (Å²) in [5.74, 6) is 0. The number of anilines is 1. The molecule has 2 atom stereocenters. The van der Waals surface area contributed by atoms with Gasteiger partial charge in [0.15, 0.2) is 0 Å². The van der Waals surface area contributed by atoms with Crippen LogP contribution in [0.3, 0.4) is 0 Å². The van der Waals surface area contributed by atoms with Crippen LogP contribution in [0.1, 0.15) is 19.5 Å². The van der Waals surface area contributed by atoms with Crippen molar-refractivity contribution in [3.63, 3.8) is 0 Å². The summed E-state index contributed by atoms with van der Waals surface area (Å²) in [6.07, 6.45) is 5.57. The minimum Gasteiger partial charge on any atom is -0.372 e. The third-order valence-electron chi connectivity index (χ3n) is 3.67. The van der Waals surface area contributed by atoms with Crippen LogP contribution in [-0.4, -0.2) is 41.2 Å². The number of morpholine rings is 1. The van der Waals surface area contributed by atoms with E-state index in [0.29, 0.717) is 6.54 Å². The van der Waals surface area contributed by atoms with Gasteiger partial charge in [-0.15, -0.1) is 0 Å². The fourth-order valence-corrected chi connectivity index (χ4v) is 2.88. The summed E-state index contributed by atoms with van der Waals surface area (Å²) < 4.78 is 7.88. The molecule has 0 saturated carbocycles. The Hall–Kier alpha value is -1.59. The number of pyridine rings is 1. The first-order valence-corrected chi connectivity index (χ1v) is 7.24. The van der Waals surface area contributed by atoms with Gasteiger partial charge in [0.05, 0.1) is 23.6 Å². The van der Waals surface area contributed by atoms with Crippen molar-refractivity contribution >= 4 is 11.3 Å². The van der Waals surface area contributed by atoms with Gasteiger partial charge in [-0.25, -0.2) is 4.98 Å². The summed E-state index contributed by atoms with van der Waals surface area (Å²) in [6, 6.07) is 4.21. The molecule has 5 nitrogen and oxygen atoms in total. The molecule has 0 bridgehead atoms. The SMILES string of the molecule is CC1CN(c2ccc3nc(CCN)cn3c2)CC(C)O1. The molecule has 1 aliphatic heterocycles. The smallest absolute Gasteiger partial charge is 0.137 e. The molecule has 2 N–H and O–H groups in total. The molecule has 0 radical (unpaired) electrons. The average Bonchev–Trinajstić information content (AvgIpc) is 2.79. The summed E-state index contributed by atoms with van der Waals surface area (Å²) in [5.41, 5.74) is 8.83. The molecule has 3 heterocycles. The maximum atomic E-state index is 5.79. The molecule has 3 rings (SSSR count). The van der Waals surface area contributed by atoms with E-state index < -0.39 is 0 Å². The number of fused-ring (bicyclic) bond motifs is 1. The number of hydrogen-bond acceptors (Lipinski definition) is 4. The minimum atomic E-state index is 0.269. The lowest BCUT2D eigenvalue weighted by atomic mass is 10.2. The molecular weight excluding hydrogens is 252 g/mol. The molecule has 0 aromatic carbocycles. The van der Waals surface area contributed by atoms with Crippen LogP contribution < -0.4 is 10.6 Å². The van der Waals surface area contributed by atoms with Crippen LogP contribution in [0.4, 0.5) is 5.69 Å². The molecule has 1 saturated heterocycles. The molecular formula is C15H22N4O. The number of aromatic nitrogens is 2. The minimum absolute atomic E-state index is 0.269. The Morgan fingerprint density at radius 2 is 2.00 bits per heavy atom. The maximum Gasteiger partial charge on any atom is 0.137 e. The van der Waals surface area contributed by atoms with Crippen molar-refractivity contribution in [3.05, 3.63) is 30.2 Å². The molecule has 2 unspecified atom stereocenters. The monoisotopic (exact) mass is 274 g/mol. The van der Waals surface area contributed by atoms with Crippen LogP contribution in [0.25, 0.3) is 5.65 Å². The largest absolute Gasteiger partial charge is 0.372 e. The van der Waals surface area contributed by atoms with Crippen LogP contribution in [-0.2, 0) is 11.2 Å².